The Kier molecular flexibility index (Phi) is 3.46. The van der Waals surface area contributed by atoms with E-state index in [1.165, 1.54) is 5.56 Å². The maximum atomic E-state index is 5.96. The number of nitrogens with zero attached hydrogens (tertiary/aromatic N) is 1. The van der Waals surface area contributed by atoms with E-state index in [0.717, 1.165) is 22.8 Å². The maximum Gasteiger partial charge on any atom is 0.136 e. The monoisotopic (exact) mass is 261 g/mol. The van der Waals surface area contributed by atoms with E-state index in [-0.39, 0.29) is 0 Å². The molecule has 0 N–H and O–H groups in total. The largest absolute Gasteiger partial charge is 0.457 e. The summed E-state index contributed by atoms with van der Waals surface area (Å²) in [5.74, 6) is 1.64. The molecule has 0 bridgehead atoms. The highest BCUT2D eigenvalue weighted by molar-refractivity contribution is 5.68. The van der Waals surface area contributed by atoms with Gasteiger partial charge in [0.2, 0.25) is 0 Å². The minimum Gasteiger partial charge on any atom is -0.457 e. The molecule has 0 radical (unpaired) electrons. The Labute approximate surface area is 118 Å². The Morgan fingerprint density at radius 3 is 2.40 bits per heavy atom. The Morgan fingerprint density at radius 1 is 0.850 bits per heavy atom. The van der Waals surface area contributed by atoms with Crippen LogP contribution in [-0.2, 0) is 0 Å². The number of aromatic nitrogens is 1. The molecule has 98 valence electrons. The van der Waals surface area contributed by atoms with Crippen LogP contribution in [0, 0.1) is 6.92 Å². The predicted octanol–water partition coefficient (Wildman–Crippen LogP) is 4.85. The zero-order valence-electron chi connectivity index (χ0n) is 11.3. The zero-order chi connectivity index (χ0) is 13.8. The normalized spacial score (nSPS) is 10.2. The second kappa shape index (κ2) is 5.57. The third-order valence-corrected chi connectivity index (χ3v) is 3.05. The molecule has 20 heavy (non-hydrogen) atoms. The average molecular weight is 261 g/mol. The van der Waals surface area contributed by atoms with Gasteiger partial charge in [0.1, 0.15) is 11.5 Å². The van der Waals surface area contributed by atoms with Crippen LogP contribution in [0.1, 0.15) is 5.56 Å². The standard InChI is InChI=1S/C18H15NO/c1-14-11-12-19-17(13-14)16-9-5-6-10-18(16)20-15-7-3-2-4-8-15/h2-13H,1H3. The van der Waals surface area contributed by atoms with E-state index < -0.39 is 0 Å². The molecule has 1 heterocycles. The van der Waals surface area contributed by atoms with Crippen LogP contribution in [0.4, 0.5) is 0 Å². The lowest BCUT2D eigenvalue weighted by atomic mass is 10.1. The summed E-state index contributed by atoms with van der Waals surface area (Å²) in [5.41, 5.74) is 3.11. The number of para-hydroxylation sites is 2. The van der Waals surface area contributed by atoms with Gasteiger partial charge >= 0.3 is 0 Å². The summed E-state index contributed by atoms with van der Waals surface area (Å²) in [5, 5.41) is 0. The molecule has 0 aliphatic carbocycles. The van der Waals surface area contributed by atoms with Gasteiger partial charge in [-0.1, -0.05) is 30.3 Å². The molecule has 0 spiro atoms. The van der Waals surface area contributed by atoms with Crippen LogP contribution in [0.5, 0.6) is 11.5 Å². The lowest BCUT2D eigenvalue weighted by molar-refractivity contribution is 0.484. The quantitative estimate of drug-likeness (QED) is 0.672. The number of pyridine rings is 1. The minimum absolute atomic E-state index is 0.816. The van der Waals surface area contributed by atoms with Gasteiger partial charge < -0.3 is 4.74 Å². The van der Waals surface area contributed by atoms with Gasteiger partial charge in [0.25, 0.3) is 0 Å². The fourth-order valence-corrected chi connectivity index (χ4v) is 2.07. The molecule has 0 aliphatic rings. The number of ether oxygens (including phenoxy) is 1. The van der Waals surface area contributed by atoms with Gasteiger partial charge in [-0.15, -0.1) is 0 Å². The van der Waals surface area contributed by atoms with Crippen molar-refractivity contribution in [3.05, 3.63) is 78.5 Å². The molecule has 0 amide bonds. The number of hydrogen-bond donors (Lipinski definition) is 0. The summed E-state index contributed by atoms with van der Waals surface area (Å²) in [7, 11) is 0. The average Bonchev–Trinajstić information content (AvgIpc) is 2.49. The van der Waals surface area contributed by atoms with Crippen molar-refractivity contribution in [2.24, 2.45) is 0 Å². The molecule has 2 nitrogen and oxygen atoms in total. The summed E-state index contributed by atoms with van der Waals surface area (Å²) in [6, 6.07) is 21.8. The van der Waals surface area contributed by atoms with E-state index in [9.17, 15) is 0 Å². The third kappa shape index (κ3) is 2.69. The topological polar surface area (TPSA) is 22.1 Å². The minimum atomic E-state index is 0.816. The molecule has 0 unspecified atom stereocenters. The van der Waals surface area contributed by atoms with E-state index in [4.69, 9.17) is 4.74 Å². The van der Waals surface area contributed by atoms with E-state index >= 15 is 0 Å². The molecule has 2 aromatic carbocycles. The maximum absolute atomic E-state index is 5.96. The Morgan fingerprint density at radius 2 is 1.60 bits per heavy atom. The molecule has 3 aromatic rings. The van der Waals surface area contributed by atoms with Gasteiger partial charge in [-0.3, -0.25) is 4.98 Å². The fourth-order valence-electron chi connectivity index (χ4n) is 2.07. The summed E-state index contributed by atoms with van der Waals surface area (Å²) in [6.07, 6.45) is 1.82. The number of aryl methyl sites for hydroxylation is 1. The van der Waals surface area contributed by atoms with Crippen molar-refractivity contribution >= 4 is 0 Å². The van der Waals surface area contributed by atoms with Crippen LogP contribution in [0.25, 0.3) is 11.3 Å². The molecule has 0 atom stereocenters. The summed E-state index contributed by atoms with van der Waals surface area (Å²) >= 11 is 0. The van der Waals surface area contributed by atoms with Gasteiger partial charge in [-0.05, 0) is 48.9 Å². The zero-order valence-corrected chi connectivity index (χ0v) is 11.3. The lowest BCUT2D eigenvalue weighted by Crippen LogP contribution is -1.90. The molecule has 0 saturated carbocycles. The van der Waals surface area contributed by atoms with E-state index in [0.29, 0.717) is 0 Å². The van der Waals surface area contributed by atoms with Gasteiger partial charge in [0.15, 0.2) is 0 Å². The SMILES string of the molecule is Cc1ccnc(-c2ccccc2Oc2ccccc2)c1. The molecule has 0 fully saturated rings. The summed E-state index contributed by atoms with van der Waals surface area (Å²) < 4.78 is 5.96. The Bertz CT molecular complexity index is 707. The molecule has 0 aliphatic heterocycles. The highest BCUT2D eigenvalue weighted by Gasteiger charge is 2.07. The predicted molar refractivity (Wildman–Crippen MR) is 80.9 cm³/mol. The van der Waals surface area contributed by atoms with E-state index in [1.807, 2.05) is 66.9 Å². The van der Waals surface area contributed by atoms with E-state index in [1.54, 1.807) is 0 Å². The van der Waals surface area contributed by atoms with Gasteiger partial charge in [0, 0.05) is 11.8 Å². The van der Waals surface area contributed by atoms with Gasteiger partial charge in [-0.2, -0.15) is 0 Å². The smallest absolute Gasteiger partial charge is 0.136 e. The molecular formula is C18H15NO. The molecule has 1 aromatic heterocycles. The van der Waals surface area contributed by atoms with Crippen molar-refractivity contribution in [1.29, 1.82) is 0 Å². The number of hydrogen-bond acceptors (Lipinski definition) is 2. The first-order valence-corrected chi connectivity index (χ1v) is 6.58. The van der Waals surface area contributed by atoms with Crippen molar-refractivity contribution in [2.45, 2.75) is 6.92 Å². The molecular weight excluding hydrogens is 246 g/mol. The summed E-state index contributed by atoms with van der Waals surface area (Å²) in [4.78, 5) is 4.43. The Balaban J connectivity index is 2.00. The lowest BCUT2D eigenvalue weighted by Gasteiger charge is -2.11. The van der Waals surface area contributed by atoms with Crippen LogP contribution in [0.15, 0.2) is 72.9 Å². The highest BCUT2D eigenvalue weighted by atomic mass is 16.5. The van der Waals surface area contributed by atoms with Gasteiger partial charge in [-0.25, -0.2) is 0 Å². The first-order chi connectivity index (χ1) is 9.83. The number of benzene rings is 2. The van der Waals surface area contributed by atoms with Crippen molar-refractivity contribution in [3.63, 3.8) is 0 Å². The second-order valence-corrected chi connectivity index (χ2v) is 4.63. The second-order valence-electron chi connectivity index (χ2n) is 4.63. The fraction of sp³-hybridized carbons (Fsp3) is 0.0556. The van der Waals surface area contributed by atoms with Crippen LogP contribution in [0.2, 0.25) is 0 Å². The number of rotatable bonds is 3. The molecule has 2 heteroatoms. The Hall–Kier alpha value is -2.61. The van der Waals surface area contributed by atoms with Crippen LogP contribution >= 0.6 is 0 Å². The van der Waals surface area contributed by atoms with Crippen molar-refractivity contribution in [1.82, 2.24) is 4.98 Å². The molecule has 0 saturated heterocycles. The van der Waals surface area contributed by atoms with Crippen LogP contribution in [-0.4, -0.2) is 4.98 Å². The van der Waals surface area contributed by atoms with E-state index in [2.05, 4.69) is 18.0 Å². The first kappa shape index (κ1) is 12.4. The van der Waals surface area contributed by atoms with Crippen LogP contribution in [0.3, 0.4) is 0 Å². The first-order valence-electron chi connectivity index (χ1n) is 6.58. The third-order valence-electron chi connectivity index (χ3n) is 3.05. The van der Waals surface area contributed by atoms with Crippen molar-refractivity contribution in [3.8, 4) is 22.8 Å². The van der Waals surface area contributed by atoms with Crippen molar-refractivity contribution in [2.75, 3.05) is 0 Å². The van der Waals surface area contributed by atoms with Crippen molar-refractivity contribution < 1.29 is 4.74 Å². The van der Waals surface area contributed by atoms with Gasteiger partial charge in [0.05, 0.1) is 5.69 Å². The molecule has 3 rings (SSSR count). The summed E-state index contributed by atoms with van der Waals surface area (Å²) in [6.45, 7) is 2.06. The van der Waals surface area contributed by atoms with Crippen LogP contribution < -0.4 is 4.74 Å². The highest BCUT2D eigenvalue weighted by Crippen LogP contribution is 2.32.